The highest BCUT2D eigenvalue weighted by Crippen LogP contribution is 2.12. The minimum atomic E-state index is -0.758. The second-order valence-corrected chi connectivity index (χ2v) is 5.02. The Morgan fingerprint density at radius 2 is 1.77 bits per heavy atom. The van der Waals surface area contributed by atoms with Crippen molar-refractivity contribution in [3.05, 3.63) is 29.8 Å². The van der Waals surface area contributed by atoms with E-state index in [4.69, 9.17) is 10.5 Å². The van der Waals surface area contributed by atoms with E-state index in [1.165, 1.54) is 0 Å². The third kappa shape index (κ3) is 5.08. The van der Waals surface area contributed by atoms with E-state index in [0.717, 1.165) is 0 Å². The molecule has 0 bridgehead atoms. The van der Waals surface area contributed by atoms with Gasteiger partial charge in [0.25, 0.3) is 0 Å². The molecule has 7 heteroatoms. The Morgan fingerprint density at radius 1 is 1.18 bits per heavy atom. The molecular weight excluding hydrogens is 286 g/mol. The van der Waals surface area contributed by atoms with Crippen molar-refractivity contribution in [1.82, 2.24) is 5.32 Å². The molecule has 0 aliphatic carbocycles. The molecule has 1 rings (SSSR count). The van der Waals surface area contributed by atoms with Crippen LogP contribution in [0.1, 0.15) is 31.1 Å². The van der Waals surface area contributed by atoms with E-state index in [0.29, 0.717) is 17.9 Å². The van der Waals surface area contributed by atoms with E-state index in [9.17, 15) is 14.4 Å². The van der Waals surface area contributed by atoms with E-state index in [-0.39, 0.29) is 11.8 Å². The summed E-state index contributed by atoms with van der Waals surface area (Å²) in [6.07, 6.45) is 0. The van der Waals surface area contributed by atoms with Crippen molar-refractivity contribution in [2.75, 3.05) is 11.9 Å². The van der Waals surface area contributed by atoms with Gasteiger partial charge in [-0.3, -0.25) is 4.79 Å². The van der Waals surface area contributed by atoms with Crippen LogP contribution >= 0.6 is 0 Å². The number of benzene rings is 1. The molecule has 0 aromatic heterocycles. The molecular formula is C15H21N3O4. The molecule has 0 spiro atoms. The first-order valence-corrected chi connectivity index (χ1v) is 6.99. The van der Waals surface area contributed by atoms with Gasteiger partial charge in [-0.15, -0.1) is 0 Å². The molecule has 0 aliphatic rings. The zero-order valence-electron chi connectivity index (χ0n) is 12.9. The summed E-state index contributed by atoms with van der Waals surface area (Å²) in [7, 11) is 0. The molecule has 0 fully saturated rings. The van der Waals surface area contributed by atoms with Crippen molar-refractivity contribution >= 4 is 23.6 Å². The Kier molecular flexibility index (Phi) is 6.37. The first kappa shape index (κ1) is 17.5. The number of hydrogen-bond donors (Lipinski definition) is 3. The van der Waals surface area contributed by atoms with Gasteiger partial charge in [-0.05, 0) is 37.1 Å². The van der Waals surface area contributed by atoms with Gasteiger partial charge in [-0.25, -0.2) is 9.59 Å². The summed E-state index contributed by atoms with van der Waals surface area (Å²) >= 11 is 0. The summed E-state index contributed by atoms with van der Waals surface area (Å²) in [6.45, 7) is 5.62. The zero-order valence-corrected chi connectivity index (χ0v) is 12.9. The van der Waals surface area contributed by atoms with E-state index in [2.05, 4.69) is 10.6 Å². The number of nitrogens with one attached hydrogen (secondary N) is 2. The Morgan fingerprint density at radius 3 is 2.23 bits per heavy atom. The summed E-state index contributed by atoms with van der Waals surface area (Å²) in [5.41, 5.74) is 5.97. The van der Waals surface area contributed by atoms with Gasteiger partial charge < -0.3 is 21.1 Å². The Balaban J connectivity index is 2.75. The third-order valence-corrected chi connectivity index (χ3v) is 2.91. The number of primary amides is 1. The summed E-state index contributed by atoms with van der Waals surface area (Å²) < 4.78 is 4.87. The lowest BCUT2D eigenvalue weighted by atomic mass is 10.0. The molecule has 0 saturated heterocycles. The summed E-state index contributed by atoms with van der Waals surface area (Å²) in [6, 6.07) is 4.80. The maximum atomic E-state index is 12.1. The number of carbonyl (C=O) groups excluding carboxylic acids is 3. The molecule has 4 N–H and O–H groups in total. The van der Waals surface area contributed by atoms with Crippen LogP contribution in [0.5, 0.6) is 0 Å². The van der Waals surface area contributed by atoms with Crippen molar-refractivity contribution in [1.29, 1.82) is 0 Å². The molecule has 0 aliphatic heterocycles. The van der Waals surface area contributed by atoms with Crippen LogP contribution in [0.3, 0.4) is 0 Å². The maximum absolute atomic E-state index is 12.1. The molecule has 1 atom stereocenters. The minimum absolute atomic E-state index is 0.119. The lowest BCUT2D eigenvalue weighted by Crippen LogP contribution is -2.49. The molecule has 1 aromatic rings. The van der Waals surface area contributed by atoms with Gasteiger partial charge in [0.2, 0.25) is 5.91 Å². The number of esters is 1. The standard InChI is InChI=1S/C15H21N3O4/c1-4-22-14(20)10-5-7-11(8-6-10)17-13(19)12(9(2)3)18-15(16)21/h5-9,12H,4H2,1-3H3,(H,17,19)(H3,16,18,21)/t12-/m1/s1. The SMILES string of the molecule is CCOC(=O)c1ccc(NC(=O)[C@H](NC(N)=O)C(C)C)cc1. The van der Waals surface area contributed by atoms with Gasteiger partial charge in [0.1, 0.15) is 6.04 Å². The number of hydrogen-bond acceptors (Lipinski definition) is 4. The zero-order chi connectivity index (χ0) is 16.7. The molecule has 22 heavy (non-hydrogen) atoms. The fourth-order valence-electron chi connectivity index (χ4n) is 1.81. The molecule has 120 valence electrons. The molecule has 0 radical (unpaired) electrons. The lowest BCUT2D eigenvalue weighted by Gasteiger charge is -2.20. The monoisotopic (exact) mass is 307 g/mol. The van der Waals surface area contributed by atoms with Gasteiger partial charge in [-0.2, -0.15) is 0 Å². The Bertz CT molecular complexity index is 540. The first-order chi connectivity index (χ1) is 10.3. The van der Waals surface area contributed by atoms with Crippen LogP contribution in [0.15, 0.2) is 24.3 Å². The van der Waals surface area contributed by atoms with E-state index >= 15 is 0 Å². The number of nitrogens with two attached hydrogens (primary N) is 1. The second kappa shape index (κ2) is 8.02. The van der Waals surface area contributed by atoms with Gasteiger partial charge in [0, 0.05) is 5.69 Å². The quantitative estimate of drug-likeness (QED) is 0.691. The van der Waals surface area contributed by atoms with Crippen molar-refractivity contribution in [3.63, 3.8) is 0 Å². The lowest BCUT2D eigenvalue weighted by molar-refractivity contribution is -0.118. The minimum Gasteiger partial charge on any atom is -0.462 e. The fraction of sp³-hybridized carbons (Fsp3) is 0.400. The van der Waals surface area contributed by atoms with Crippen LogP contribution in [0.25, 0.3) is 0 Å². The molecule has 0 unspecified atom stereocenters. The van der Waals surface area contributed by atoms with Crippen molar-refractivity contribution < 1.29 is 19.1 Å². The maximum Gasteiger partial charge on any atom is 0.338 e. The number of amides is 3. The predicted molar refractivity (Wildman–Crippen MR) is 82.4 cm³/mol. The van der Waals surface area contributed by atoms with Crippen LogP contribution in [-0.4, -0.2) is 30.6 Å². The van der Waals surface area contributed by atoms with Crippen LogP contribution in [-0.2, 0) is 9.53 Å². The van der Waals surface area contributed by atoms with Gasteiger partial charge in [-0.1, -0.05) is 13.8 Å². The number of ether oxygens (including phenoxy) is 1. The highest BCUT2D eigenvalue weighted by atomic mass is 16.5. The predicted octanol–water partition coefficient (Wildman–Crippen LogP) is 1.49. The summed E-state index contributed by atoms with van der Waals surface area (Å²) in [5.74, 6) is -0.917. The summed E-state index contributed by atoms with van der Waals surface area (Å²) in [4.78, 5) is 34.6. The number of carbonyl (C=O) groups is 3. The van der Waals surface area contributed by atoms with E-state index in [1.807, 2.05) is 0 Å². The largest absolute Gasteiger partial charge is 0.462 e. The van der Waals surface area contributed by atoms with Crippen LogP contribution in [0.4, 0.5) is 10.5 Å². The second-order valence-electron chi connectivity index (χ2n) is 5.02. The van der Waals surface area contributed by atoms with Crippen molar-refractivity contribution in [2.45, 2.75) is 26.8 Å². The van der Waals surface area contributed by atoms with E-state index < -0.39 is 18.0 Å². The van der Waals surface area contributed by atoms with Crippen molar-refractivity contribution in [3.8, 4) is 0 Å². The van der Waals surface area contributed by atoms with Gasteiger partial charge >= 0.3 is 12.0 Å². The van der Waals surface area contributed by atoms with Crippen molar-refractivity contribution in [2.24, 2.45) is 11.7 Å². The molecule has 0 saturated carbocycles. The van der Waals surface area contributed by atoms with Crippen LogP contribution in [0.2, 0.25) is 0 Å². The molecule has 7 nitrogen and oxygen atoms in total. The Labute approximate surface area is 129 Å². The highest BCUT2D eigenvalue weighted by Gasteiger charge is 2.23. The average molecular weight is 307 g/mol. The van der Waals surface area contributed by atoms with Gasteiger partial charge in [0.05, 0.1) is 12.2 Å². The molecule has 1 aromatic carbocycles. The van der Waals surface area contributed by atoms with Crippen LogP contribution < -0.4 is 16.4 Å². The smallest absolute Gasteiger partial charge is 0.338 e. The topological polar surface area (TPSA) is 111 Å². The fourth-order valence-corrected chi connectivity index (χ4v) is 1.81. The Hall–Kier alpha value is -2.57. The molecule has 0 heterocycles. The number of anilines is 1. The average Bonchev–Trinajstić information content (AvgIpc) is 2.45. The van der Waals surface area contributed by atoms with E-state index in [1.54, 1.807) is 45.0 Å². The number of rotatable bonds is 6. The molecule has 3 amide bonds. The summed E-state index contributed by atoms with van der Waals surface area (Å²) in [5, 5.41) is 5.06. The first-order valence-electron chi connectivity index (χ1n) is 6.99. The third-order valence-electron chi connectivity index (χ3n) is 2.91. The van der Waals surface area contributed by atoms with Crippen LogP contribution in [0, 0.1) is 5.92 Å². The number of urea groups is 1. The highest BCUT2D eigenvalue weighted by molar-refractivity contribution is 5.97. The normalized spacial score (nSPS) is 11.6. The van der Waals surface area contributed by atoms with Gasteiger partial charge in [0.15, 0.2) is 0 Å².